The van der Waals surface area contributed by atoms with E-state index in [0.29, 0.717) is 19.1 Å². The minimum Gasteiger partial charge on any atom is -0.477 e. The van der Waals surface area contributed by atoms with Crippen molar-refractivity contribution in [3.05, 3.63) is 17.7 Å². The monoisotopic (exact) mass is 266 g/mol. The SMILES string of the molecule is CCC1CN(C(=O)c2nc[nH]c2C(=O)O)CCN1C. The van der Waals surface area contributed by atoms with Gasteiger partial charge in [-0.05, 0) is 13.5 Å². The highest BCUT2D eigenvalue weighted by Crippen LogP contribution is 2.14. The molecule has 0 radical (unpaired) electrons. The summed E-state index contributed by atoms with van der Waals surface area (Å²) in [5.41, 5.74) is -0.149. The molecule has 2 heterocycles. The van der Waals surface area contributed by atoms with Gasteiger partial charge in [0.05, 0.1) is 6.33 Å². The van der Waals surface area contributed by atoms with E-state index in [0.717, 1.165) is 13.0 Å². The van der Waals surface area contributed by atoms with Crippen molar-refractivity contribution >= 4 is 11.9 Å². The number of H-pyrrole nitrogens is 1. The summed E-state index contributed by atoms with van der Waals surface area (Å²) >= 11 is 0. The summed E-state index contributed by atoms with van der Waals surface area (Å²) < 4.78 is 0. The van der Waals surface area contributed by atoms with E-state index in [9.17, 15) is 9.59 Å². The summed E-state index contributed by atoms with van der Waals surface area (Å²) in [6.07, 6.45) is 2.19. The smallest absolute Gasteiger partial charge is 0.354 e. The van der Waals surface area contributed by atoms with Gasteiger partial charge in [0.1, 0.15) is 0 Å². The maximum Gasteiger partial charge on any atom is 0.354 e. The van der Waals surface area contributed by atoms with Crippen molar-refractivity contribution in [1.82, 2.24) is 19.8 Å². The van der Waals surface area contributed by atoms with Crippen molar-refractivity contribution in [2.75, 3.05) is 26.7 Å². The second kappa shape index (κ2) is 5.40. The fraction of sp³-hybridized carbons (Fsp3) is 0.583. The lowest BCUT2D eigenvalue weighted by Crippen LogP contribution is -2.53. The molecule has 2 rings (SSSR count). The van der Waals surface area contributed by atoms with E-state index in [-0.39, 0.29) is 17.3 Å². The lowest BCUT2D eigenvalue weighted by atomic mass is 10.1. The highest BCUT2D eigenvalue weighted by Gasteiger charge is 2.30. The average Bonchev–Trinajstić information content (AvgIpc) is 2.87. The largest absolute Gasteiger partial charge is 0.477 e. The molecule has 104 valence electrons. The molecule has 1 amide bonds. The van der Waals surface area contributed by atoms with E-state index in [2.05, 4.69) is 21.8 Å². The minimum atomic E-state index is -1.16. The third-order valence-electron chi connectivity index (χ3n) is 3.59. The van der Waals surface area contributed by atoms with E-state index >= 15 is 0 Å². The third-order valence-corrected chi connectivity index (χ3v) is 3.59. The Bertz CT molecular complexity index is 485. The number of carbonyl (C=O) groups is 2. The van der Waals surface area contributed by atoms with Gasteiger partial charge in [0.25, 0.3) is 5.91 Å². The zero-order valence-corrected chi connectivity index (χ0v) is 11.1. The van der Waals surface area contributed by atoms with Gasteiger partial charge in [0, 0.05) is 25.7 Å². The first-order valence-corrected chi connectivity index (χ1v) is 6.30. The van der Waals surface area contributed by atoms with Gasteiger partial charge in [0.15, 0.2) is 11.4 Å². The number of nitrogens with one attached hydrogen (secondary N) is 1. The van der Waals surface area contributed by atoms with Crippen molar-refractivity contribution in [3.63, 3.8) is 0 Å². The average molecular weight is 266 g/mol. The van der Waals surface area contributed by atoms with Crippen LogP contribution < -0.4 is 0 Å². The van der Waals surface area contributed by atoms with Crippen LogP contribution in [0.5, 0.6) is 0 Å². The van der Waals surface area contributed by atoms with Gasteiger partial charge < -0.3 is 15.0 Å². The maximum absolute atomic E-state index is 12.3. The van der Waals surface area contributed by atoms with Crippen LogP contribution in [0, 0.1) is 0 Å². The summed E-state index contributed by atoms with van der Waals surface area (Å²) in [7, 11) is 2.03. The van der Waals surface area contributed by atoms with Crippen LogP contribution in [-0.4, -0.2) is 69.5 Å². The highest BCUT2D eigenvalue weighted by molar-refractivity contribution is 6.02. The predicted molar refractivity (Wildman–Crippen MR) is 68.2 cm³/mol. The van der Waals surface area contributed by atoms with Gasteiger partial charge in [-0.2, -0.15) is 0 Å². The Labute approximate surface area is 111 Å². The van der Waals surface area contributed by atoms with E-state index < -0.39 is 5.97 Å². The molecule has 1 aliphatic rings. The molecular formula is C12H18N4O3. The van der Waals surface area contributed by atoms with Gasteiger partial charge in [-0.1, -0.05) is 6.92 Å². The van der Waals surface area contributed by atoms with E-state index in [4.69, 9.17) is 5.11 Å². The van der Waals surface area contributed by atoms with E-state index in [1.807, 2.05) is 7.05 Å². The number of nitrogens with zero attached hydrogens (tertiary/aromatic N) is 3. The molecule has 2 N–H and O–H groups in total. The molecule has 19 heavy (non-hydrogen) atoms. The van der Waals surface area contributed by atoms with Gasteiger partial charge in [-0.3, -0.25) is 9.69 Å². The van der Waals surface area contributed by atoms with Crippen LogP contribution in [0.4, 0.5) is 0 Å². The van der Waals surface area contributed by atoms with E-state index in [1.165, 1.54) is 6.33 Å². The number of hydrogen-bond acceptors (Lipinski definition) is 4. The number of aromatic nitrogens is 2. The first-order chi connectivity index (χ1) is 9.04. The Hall–Kier alpha value is -1.89. The van der Waals surface area contributed by atoms with Gasteiger partial charge >= 0.3 is 5.97 Å². The molecule has 1 fully saturated rings. The predicted octanol–water partition coefficient (Wildman–Crippen LogP) is 0.274. The molecule has 0 aliphatic carbocycles. The maximum atomic E-state index is 12.3. The second-order valence-corrected chi connectivity index (χ2v) is 4.73. The molecule has 0 spiro atoms. The number of aromatic amines is 1. The molecule has 7 nitrogen and oxygen atoms in total. The van der Waals surface area contributed by atoms with E-state index in [1.54, 1.807) is 4.90 Å². The molecule has 7 heteroatoms. The molecular weight excluding hydrogens is 248 g/mol. The number of carboxylic acids is 1. The highest BCUT2D eigenvalue weighted by atomic mass is 16.4. The molecule has 0 saturated carbocycles. The summed E-state index contributed by atoms with van der Waals surface area (Å²) in [6.45, 7) is 4.07. The molecule has 0 bridgehead atoms. The molecule has 1 aromatic rings. The Morgan fingerprint density at radius 2 is 2.26 bits per heavy atom. The first kappa shape index (κ1) is 13.5. The second-order valence-electron chi connectivity index (χ2n) is 4.73. The van der Waals surface area contributed by atoms with Crippen molar-refractivity contribution < 1.29 is 14.7 Å². The van der Waals surface area contributed by atoms with Crippen LogP contribution in [0.15, 0.2) is 6.33 Å². The first-order valence-electron chi connectivity index (χ1n) is 6.30. The van der Waals surface area contributed by atoms with Crippen molar-refractivity contribution in [2.24, 2.45) is 0 Å². The third kappa shape index (κ3) is 2.60. The quantitative estimate of drug-likeness (QED) is 0.820. The van der Waals surface area contributed by atoms with Crippen LogP contribution in [0.2, 0.25) is 0 Å². The number of carboxylic acid groups (broad SMARTS) is 1. The number of piperazine rings is 1. The summed E-state index contributed by atoms with van der Waals surface area (Å²) in [4.78, 5) is 33.5. The summed E-state index contributed by atoms with van der Waals surface area (Å²) in [5.74, 6) is -1.48. The zero-order valence-electron chi connectivity index (χ0n) is 11.1. The molecule has 1 saturated heterocycles. The van der Waals surface area contributed by atoms with Gasteiger partial charge in [0.2, 0.25) is 0 Å². The summed E-state index contributed by atoms with van der Waals surface area (Å²) in [5, 5.41) is 8.99. The fourth-order valence-electron chi connectivity index (χ4n) is 2.34. The fourth-order valence-corrected chi connectivity index (χ4v) is 2.34. The Morgan fingerprint density at radius 3 is 2.89 bits per heavy atom. The molecule has 1 aliphatic heterocycles. The van der Waals surface area contributed by atoms with Crippen molar-refractivity contribution in [3.8, 4) is 0 Å². The molecule has 0 aromatic carbocycles. The van der Waals surface area contributed by atoms with Crippen molar-refractivity contribution in [2.45, 2.75) is 19.4 Å². The number of hydrogen-bond donors (Lipinski definition) is 2. The Kier molecular flexibility index (Phi) is 3.84. The zero-order chi connectivity index (χ0) is 14.0. The van der Waals surface area contributed by atoms with Crippen LogP contribution in [0.3, 0.4) is 0 Å². The number of amides is 1. The number of rotatable bonds is 3. The molecule has 1 atom stereocenters. The van der Waals surface area contributed by atoms with Gasteiger partial charge in [-0.25, -0.2) is 9.78 Å². The number of imidazole rings is 1. The van der Waals surface area contributed by atoms with Gasteiger partial charge in [-0.15, -0.1) is 0 Å². The van der Waals surface area contributed by atoms with Crippen LogP contribution >= 0.6 is 0 Å². The number of carbonyl (C=O) groups excluding carboxylic acids is 1. The van der Waals surface area contributed by atoms with Crippen LogP contribution in [0.1, 0.15) is 34.3 Å². The minimum absolute atomic E-state index is 0.00749. The lowest BCUT2D eigenvalue weighted by molar-refractivity contribution is 0.0527. The van der Waals surface area contributed by atoms with Crippen LogP contribution in [0.25, 0.3) is 0 Å². The molecule has 1 aromatic heterocycles. The Morgan fingerprint density at radius 1 is 1.53 bits per heavy atom. The lowest BCUT2D eigenvalue weighted by Gasteiger charge is -2.38. The topological polar surface area (TPSA) is 89.5 Å². The standard InChI is InChI=1S/C12H18N4O3/c1-3-8-6-16(5-4-15(8)2)11(17)9-10(12(18)19)14-7-13-9/h7-8H,3-6H2,1-2H3,(H,13,14)(H,18,19). The molecule has 1 unspecified atom stereocenters. The van der Waals surface area contributed by atoms with Crippen LogP contribution in [-0.2, 0) is 0 Å². The van der Waals surface area contributed by atoms with Crippen molar-refractivity contribution in [1.29, 1.82) is 0 Å². The number of likely N-dealkylation sites (N-methyl/N-ethyl adjacent to an activating group) is 1. The summed E-state index contributed by atoms with van der Waals surface area (Å²) in [6, 6.07) is 0.310. The Balaban J connectivity index is 2.16. The number of aromatic carboxylic acids is 1. The normalized spacial score (nSPS) is 20.5.